The molecule has 2 aromatic carbocycles. The topological polar surface area (TPSA) is 80.2 Å². The zero-order chi connectivity index (χ0) is 20.0. The fraction of sp³-hybridized carbons (Fsp3) is 0.286. The van der Waals surface area contributed by atoms with Crippen molar-refractivity contribution in [3.63, 3.8) is 0 Å². The van der Waals surface area contributed by atoms with E-state index < -0.39 is 23.8 Å². The molecule has 3 rings (SSSR count). The fourth-order valence-corrected chi connectivity index (χ4v) is 3.06. The Morgan fingerprint density at radius 1 is 1.14 bits per heavy atom. The number of amides is 1. The quantitative estimate of drug-likeness (QED) is 0.778. The number of rotatable bonds is 6. The predicted molar refractivity (Wildman–Crippen MR) is 105 cm³/mol. The maximum atomic E-state index is 12.5. The lowest BCUT2D eigenvalue weighted by molar-refractivity contribution is -0.147. The van der Waals surface area contributed by atoms with Gasteiger partial charge in [-0.1, -0.05) is 60.7 Å². The summed E-state index contributed by atoms with van der Waals surface area (Å²) in [7, 11) is 1.34. The lowest BCUT2D eigenvalue weighted by Gasteiger charge is -2.29. The van der Waals surface area contributed by atoms with Crippen LogP contribution in [0, 0.1) is 0 Å². The van der Waals surface area contributed by atoms with Crippen LogP contribution in [-0.2, 0) is 26.4 Å². The van der Waals surface area contributed by atoms with Gasteiger partial charge >= 0.3 is 12.1 Å². The standard InChI is InChI=1S/C21H23N3O4/c1-16(23-20(26)28-13-17-9-5-3-6-10-17)24-14-21(22-15-24,19(25)27-2)18-11-7-4-8-12-18/h3-12,15-16H,13-14H2,1-2H3,(H,23,26). The highest BCUT2D eigenvalue weighted by molar-refractivity contribution is 5.87. The van der Waals surface area contributed by atoms with Gasteiger partial charge in [-0.05, 0) is 18.1 Å². The zero-order valence-corrected chi connectivity index (χ0v) is 15.9. The average Bonchev–Trinajstić information content (AvgIpc) is 3.20. The Balaban J connectivity index is 1.62. The Labute approximate surface area is 164 Å². The molecule has 1 aliphatic heterocycles. The monoisotopic (exact) mass is 381 g/mol. The number of methoxy groups -OCH3 is 1. The Morgan fingerprint density at radius 3 is 2.43 bits per heavy atom. The van der Waals surface area contributed by atoms with Crippen LogP contribution in [0.4, 0.5) is 4.79 Å². The number of nitrogens with zero attached hydrogens (tertiary/aromatic N) is 2. The van der Waals surface area contributed by atoms with E-state index in [1.807, 2.05) is 60.7 Å². The minimum Gasteiger partial charge on any atom is -0.467 e. The summed E-state index contributed by atoms with van der Waals surface area (Å²) in [6.45, 7) is 2.24. The van der Waals surface area contributed by atoms with E-state index in [9.17, 15) is 9.59 Å². The summed E-state index contributed by atoms with van der Waals surface area (Å²) in [6, 6.07) is 18.7. The molecule has 7 nitrogen and oxygen atoms in total. The molecule has 2 unspecified atom stereocenters. The van der Waals surface area contributed by atoms with Gasteiger partial charge in [0, 0.05) is 0 Å². The van der Waals surface area contributed by atoms with Gasteiger partial charge in [0.2, 0.25) is 5.54 Å². The maximum absolute atomic E-state index is 12.5. The Hall–Kier alpha value is -3.35. The van der Waals surface area contributed by atoms with Crippen LogP contribution in [-0.4, -0.2) is 43.1 Å². The number of esters is 1. The molecule has 1 heterocycles. The van der Waals surface area contributed by atoms with Gasteiger partial charge in [0.05, 0.1) is 20.0 Å². The molecule has 0 aliphatic carbocycles. The van der Waals surface area contributed by atoms with Gasteiger partial charge in [0.15, 0.2) is 0 Å². The summed E-state index contributed by atoms with van der Waals surface area (Å²) in [5.74, 6) is -0.448. The van der Waals surface area contributed by atoms with Gasteiger partial charge in [-0.25, -0.2) is 9.59 Å². The largest absolute Gasteiger partial charge is 0.467 e. The highest BCUT2D eigenvalue weighted by atomic mass is 16.5. The molecule has 2 aromatic rings. The molecule has 1 amide bonds. The lowest BCUT2D eigenvalue weighted by Crippen LogP contribution is -2.49. The molecular formula is C21H23N3O4. The predicted octanol–water partition coefficient (Wildman–Crippen LogP) is 2.67. The number of aliphatic imine (C=N–C) groups is 1. The van der Waals surface area contributed by atoms with Crippen molar-refractivity contribution >= 4 is 18.4 Å². The number of carbonyl (C=O) groups excluding carboxylic acids is 2. The second kappa shape index (κ2) is 8.56. The van der Waals surface area contributed by atoms with Crippen molar-refractivity contribution in [1.82, 2.24) is 10.2 Å². The van der Waals surface area contributed by atoms with Gasteiger partial charge in [0.1, 0.15) is 12.8 Å². The van der Waals surface area contributed by atoms with E-state index >= 15 is 0 Å². The van der Waals surface area contributed by atoms with Gasteiger partial charge in [-0.3, -0.25) is 4.99 Å². The van der Waals surface area contributed by atoms with E-state index in [0.29, 0.717) is 0 Å². The van der Waals surface area contributed by atoms with E-state index in [1.165, 1.54) is 7.11 Å². The summed E-state index contributed by atoms with van der Waals surface area (Å²) in [5.41, 5.74) is 0.487. The molecule has 0 aromatic heterocycles. The number of alkyl carbamates (subject to hydrolysis) is 1. The third kappa shape index (κ3) is 4.14. The van der Waals surface area contributed by atoms with E-state index in [0.717, 1.165) is 11.1 Å². The SMILES string of the molecule is COC(=O)C1(c2ccccc2)CN(C(C)NC(=O)OCc2ccccc2)C=N1. The number of benzene rings is 2. The van der Waals surface area contributed by atoms with Gasteiger partial charge in [0.25, 0.3) is 0 Å². The summed E-state index contributed by atoms with van der Waals surface area (Å²) in [6.07, 6.45) is 0.605. The first-order valence-corrected chi connectivity index (χ1v) is 8.97. The van der Waals surface area contributed by atoms with Crippen LogP contribution in [0.1, 0.15) is 18.1 Å². The maximum Gasteiger partial charge on any atom is 0.409 e. The van der Waals surface area contributed by atoms with E-state index in [4.69, 9.17) is 9.47 Å². The number of nitrogens with one attached hydrogen (secondary N) is 1. The fourth-order valence-electron chi connectivity index (χ4n) is 3.06. The summed E-state index contributed by atoms with van der Waals surface area (Å²) < 4.78 is 10.2. The van der Waals surface area contributed by atoms with Crippen LogP contribution in [0.25, 0.3) is 0 Å². The number of hydrogen-bond donors (Lipinski definition) is 1. The van der Waals surface area contributed by atoms with E-state index in [-0.39, 0.29) is 13.2 Å². The van der Waals surface area contributed by atoms with Crippen LogP contribution in [0.5, 0.6) is 0 Å². The second-order valence-electron chi connectivity index (χ2n) is 6.52. The van der Waals surface area contributed by atoms with Gasteiger partial charge < -0.3 is 19.7 Å². The zero-order valence-electron chi connectivity index (χ0n) is 15.9. The molecule has 0 saturated carbocycles. The first-order valence-electron chi connectivity index (χ1n) is 8.97. The van der Waals surface area contributed by atoms with Crippen molar-refractivity contribution in [2.45, 2.75) is 25.2 Å². The molecule has 2 atom stereocenters. The van der Waals surface area contributed by atoms with Crippen LogP contribution in [0.2, 0.25) is 0 Å². The van der Waals surface area contributed by atoms with Gasteiger partial charge in [-0.15, -0.1) is 0 Å². The van der Waals surface area contributed by atoms with Crippen LogP contribution < -0.4 is 5.32 Å². The molecule has 0 radical (unpaired) electrons. The summed E-state index contributed by atoms with van der Waals surface area (Å²) >= 11 is 0. The van der Waals surface area contributed by atoms with Crippen molar-refractivity contribution in [3.8, 4) is 0 Å². The highest BCUT2D eigenvalue weighted by Crippen LogP contribution is 2.32. The molecule has 7 heteroatoms. The van der Waals surface area contributed by atoms with Crippen LogP contribution >= 0.6 is 0 Å². The lowest BCUT2D eigenvalue weighted by atomic mass is 9.91. The average molecular weight is 381 g/mol. The van der Waals surface area contributed by atoms with Crippen LogP contribution in [0.15, 0.2) is 65.7 Å². The van der Waals surface area contributed by atoms with Gasteiger partial charge in [-0.2, -0.15) is 0 Å². The molecule has 28 heavy (non-hydrogen) atoms. The third-order valence-electron chi connectivity index (χ3n) is 4.65. The second-order valence-corrected chi connectivity index (χ2v) is 6.52. The normalized spacial score (nSPS) is 19.1. The Morgan fingerprint density at radius 2 is 1.79 bits per heavy atom. The Kier molecular flexibility index (Phi) is 5.93. The molecule has 0 fully saturated rings. The number of hydrogen-bond acceptors (Lipinski definition) is 6. The molecule has 1 aliphatic rings. The molecule has 0 saturated heterocycles. The highest BCUT2D eigenvalue weighted by Gasteiger charge is 2.46. The van der Waals surface area contributed by atoms with Crippen molar-refractivity contribution < 1.29 is 19.1 Å². The molecular weight excluding hydrogens is 358 g/mol. The van der Waals surface area contributed by atoms with E-state index in [2.05, 4.69) is 10.3 Å². The Bertz CT molecular complexity index is 841. The first kappa shape index (κ1) is 19.4. The molecule has 0 bridgehead atoms. The van der Waals surface area contributed by atoms with Crippen LogP contribution in [0.3, 0.4) is 0 Å². The smallest absolute Gasteiger partial charge is 0.409 e. The minimum atomic E-state index is -1.15. The third-order valence-corrected chi connectivity index (χ3v) is 4.65. The first-order chi connectivity index (χ1) is 13.5. The molecule has 0 spiro atoms. The van der Waals surface area contributed by atoms with Crippen molar-refractivity contribution in [2.75, 3.05) is 13.7 Å². The van der Waals surface area contributed by atoms with Crippen molar-refractivity contribution in [1.29, 1.82) is 0 Å². The summed E-state index contributed by atoms with van der Waals surface area (Å²) in [4.78, 5) is 30.8. The molecule has 146 valence electrons. The summed E-state index contributed by atoms with van der Waals surface area (Å²) in [5, 5.41) is 2.76. The van der Waals surface area contributed by atoms with Crippen molar-refractivity contribution in [2.24, 2.45) is 4.99 Å². The molecule has 1 N–H and O–H groups in total. The number of carbonyl (C=O) groups is 2. The van der Waals surface area contributed by atoms with Crippen molar-refractivity contribution in [3.05, 3.63) is 71.8 Å². The minimum absolute atomic E-state index is 0.184. The number of ether oxygens (including phenoxy) is 2. The van der Waals surface area contributed by atoms with E-state index in [1.54, 1.807) is 18.2 Å².